The van der Waals surface area contributed by atoms with E-state index in [9.17, 15) is 0 Å². The number of pyridine rings is 2. The Morgan fingerprint density at radius 2 is 1.91 bits per heavy atom. The Kier molecular flexibility index (Phi) is 6.70. The number of nitrogens with zero attached hydrogens (tertiary/aromatic N) is 7. The second-order valence-corrected chi connectivity index (χ2v) is 8.35. The van der Waals surface area contributed by atoms with E-state index in [-0.39, 0.29) is 0 Å². The largest absolute Gasteiger partial charge is 0.323 e. The first-order chi connectivity index (χ1) is 15.5. The minimum atomic E-state index is 0.385. The zero-order valence-corrected chi connectivity index (χ0v) is 19.2. The van der Waals surface area contributed by atoms with Crippen molar-refractivity contribution < 1.29 is 0 Å². The van der Waals surface area contributed by atoms with Crippen LogP contribution in [0.5, 0.6) is 0 Å². The van der Waals surface area contributed by atoms with Crippen molar-refractivity contribution in [1.82, 2.24) is 34.8 Å². The van der Waals surface area contributed by atoms with E-state index in [1.54, 1.807) is 6.20 Å². The van der Waals surface area contributed by atoms with Crippen molar-refractivity contribution in [3.05, 3.63) is 54.6 Å². The Hall–Kier alpha value is -3.39. The first-order valence-electron chi connectivity index (χ1n) is 11.1. The van der Waals surface area contributed by atoms with Gasteiger partial charge in [0, 0.05) is 30.1 Å². The number of fused-ring (bicyclic) bond motifs is 1. The first kappa shape index (κ1) is 21.8. The topological polar surface area (TPSA) is 84.7 Å². The summed E-state index contributed by atoms with van der Waals surface area (Å²) in [4.78, 5) is 11.6. The molecule has 4 aromatic heterocycles. The van der Waals surface area contributed by atoms with Crippen LogP contribution in [0.15, 0.2) is 49.1 Å². The van der Waals surface area contributed by atoms with Crippen LogP contribution in [-0.4, -0.2) is 55.0 Å². The molecule has 0 bridgehead atoms. The molecule has 0 aromatic carbocycles. The van der Waals surface area contributed by atoms with Gasteiger partial charge >= 0.3 is 0 Å². The van der Waals surface area contributed by atoms with Gasteiger partial charge in [0.05, 0.1) is 23.4 Å². The van der Waals surface area contributed by atoms with Crippen LogP contribution in [0, 0.1) is 0 Å². The van der Waals surface area contributed by atoms with Crippen LogP contribution in [0.3, 0.4) is 0 Å². The van der Waals surface area contributed by atoms with Crippen molar-refractivity contribution >= 4 is 22.7 Å². The quantitative estimate of drug-likeness (QED) is 0.419. The van der Waals surface area contributed by atoms with Gasteiger partial charge in [-0.05, 0) is 62.3 Å². The maximum absolute atomic E-state index is 4.74. The van der Waals surface area contributed by atoms with E-state index >= 15 is 0 Å². The third-order valence-corrected chi connectivity index (χ3v) is 5.57. The molecule has 4 rings (SSSR count). The smallest absolute Gasteiger partial charge is 0.154 e. The van der Waals surface area contributed by atoms with Crippen LogP contribution >= 0.6 is 0 Å². The number of hydrogen-bond donors (Lipinski definition) is 1. The fraction of sp³-hybridized carbons (Fsp3) is 0.375. The molecule has 0 aliphatic rings. The minimum absolute atomic E-state index is 0.385. The van der Waals surface area contributed by atoms with Crippen molar-refractivity contribution in [2.75, 3.05) is 25.5 Å². The highest BCUT2D eigenvalue weighted by molar-refractivity contribution is 5.81. The van der Waals surface area contributed by atoms with Crippen molar-refractivity contribution in [3.8, 4) is 11.1 Å². The summed E-state index contributed by atoms with van der Waals surface area (Å²) in [6.45, 7) is 9.46. The lowest BCUT2D eigenvalue weighted by atomic mass is 10.1. The molecule has 166 valence electrons. The van der Waals surface area contributed by atoms with E-state index in [1.807, 2.05) is 35.3 Å². The van der Waals surface area contributed by atoms with E-state index in [0.717, 1.165) is 53.8 Å². The summed E-state index contributed by atoms with van der Waals surface area (Å²) in [6.07, 6.45) is 8.70. The lowest BCUT2D eigenvalue weighted by Gasteiger charge is -2.12. The second-order valence-electron chi connectivity index (χ2n) is 8.35. The molecule has 0 fully saturated rings. The van der Waals surface area contributed by atoms with Crippen LogP contribution in [0.1, 0.15) is 38.7 Å². The second kappa shape index (κ2) is 9.82. The molecule has 0 amide bonds. The van der Waals surface area contributed by atoms with Gasteiger partial charge in [0.15, 0.2) is 5.82 Å². The third kappa shape index (κ3) is 5.26. The third-order valence-electron chi connectivity index (χ3n) is 5.57. The lowest BCUT2D eigenvalue weighted by Crippen LogP contribution is -2.20. The van der Waals surface area contributed by atoms with Crippen LogP contribution in [0.4, 0.5) is 11.6 Å². The lowest BCUT2D eigenvalue weighted by molar-refractivity contribution is 0.334. The van der Waals surface area contributed by atoms with Crippen molar-refractivity contribution in [3.63, 3.8) is 0 Å². The molecule has 4 aromatic rings. The number of anilines is 2. The molecule has 4 heterocycles. The predicted molar refractivity (Wildman–Crippen MR) is 128 cm³/mol. The SMILES string of the molecule is CCN(C)CCCn1cc(-c2cnc3ccc(Nc4cc(C(C)C)cnn4)nc3c2)cn1. The van der Waals surface area contributed by atoms with Gasteiger partial charge in [-0.2, -0.15) is 10.2 Å². The van der Waals surface area contributed by atoms with Gasteiger partial charge in [0.1, 0.15) is 5.82 Å². The standard InChI is InChI=1S/C24H30N8/c1-5-31(4)9-6-10-32-16-20(15-27-32)19-11-22-21(25-13-19)7-8-23(28-22)29-24-12-18(17(2)3)14-26-30-24/h7-8,11-17H,5-6,9-10H2,1-4H3,(H,28,29,30). The van der Waals surface area contributed by atoms with Gasteiger partial charge in [-0.3, -0.25) is 9.67 Å². The molecule has 0 aliphatic carbocycles. The van der Waals surface area contributed by atoms with Gasteiger partial charge < -0.3 is 10.2 Å². The first-order valence-corrected chi connectivity index (χ1v) is 11.1. The molecular weight excluding hydrogens is 400 g/mol. The molecule has 1 N–H and O–H groups in total. The van der Waals surface area contributed by atoms with E-state index < -0.39 is 0 Å². The molecule has 8 heteroatoms. The van der Waals surface area contributed by atoms with Crippen LogP contribution < -0.4 is 5.32 Å². The molecule has 0 spiro atoms. The van der Waals surface area contributed by atoms with E-state index in [0.29, 0.717) is 17.6 Å². The van der Waals surface area contributed by atoms with Gasteiger partial charge in [0.2, 0.25) is 0 Å². The zero-order chi connectivity index (χ0) is 22.5. The fourth-order valence-electron chi connectivity index (χ4n) is 3.42. The Bertz CT molecular complexity index is 1180. The number of rotatable bonds is 9. The molecule has 0 radical (unpaired) electrons. The maximum Gasteiger partial charge on any atom is 0.154 e. The van der Waals surface area contributed by atoms with E-state index in [2.05, 4.69) is 70.6 Å². The van der Waals surface area contributed by atoms with Crippen LogP contribution in [-0.2, 0) is 6.54 Å². The summed E-state index contributed by atoms with van der Waals surface area (Å²) < 4.78 is 1.99. The van der Waals surface area contributed by atoms with Gasteiger partial charge in [0.25, 0.3) is 0 Å². The highest BCUT2D eigenvalue weighted by Crippen LogP contribution is 2.24. The van der Waals surface area contributed by atoms with Gasteiger partial charge in [-0.25, -0.2) is 4.98 Å². The maximum atomic E-state index is 4.74. The Balaban J connectivity index is 1.51. The van der Waals surface area contributed by atoms with Crippen molar-refractivity contribution in [2.45, 2.75) is 39.7 Å². The zero-order valence-electron chi connectivity index (χ0n) is 19.2. The van der Waals surface area contributed by atoms with Crippen LogP contribution in [0.25, 0.3) is 22.2 Å². The number of hydrogen-bond acceptors (Lipinski definition) is 7. The highest BCUT2D eigenvalue weighted by atomic mass is 15.3. The molecule has 0 aliphatic heterocycles. The Labute approximate surface area is 188 Å². The average Bonchev–Trinajstić information content (AvgIpc) is 3.27. The number of aromatic nitrogens is 6. The van der Waals surface area contributed by atoms with E-state index in [1.165, 1.54) is 0 Å². The number of aryl methyl sites for hydroxylation is 1. The van der Waals surface area contributed by atoms with Gasteiger partial charge in [-0.1, -0.05) is 20.8 Å². The summed E-state index contributed by atoms with van der Waals surface area (Å²) in [7, 11) is 2.14. The Morgan fingerprint density at radius 3 is 2.72 bits per heavy atom. The highest BCUT2D eigenvalue weighted by Gasteiger charge is 2.08. The molecule has 0 atom stereocenters. The summed E-state index contributed by atoms with van der Waals surface area (Å²) >= 11 is 0. The summed E-state index contributed by atoms with van der Waals surface area (Å²) in [6, 6.07) is 7.92. The molecule has 0 unspecified atom stereocenters. The van der Waals surface area contributed by atoms with Crippen molar-refractivity contribution in [2.24, 2.45) is 0 Å². The predicted octanol–water partition coefficient (Wildman–Crippen LogP) is 4.49. The van der Waals surface area contributed by atoms with Crippen molar-refractivity contribution in [1.29, 1.82) is 0 Å². The normalized spacial score (nSPS) is 11.6. The van der Waals surface area contributed by atoms with Crippen LogP contribution in [0.2, 0.25) is 0 Å². The molecule has 0 saturated heterocycles. The minimum Gasteiger partial charge on any atom is -0.323 e. The number of nitrogens with one attached hydrogen (secondary N) is 1. The molecule has 32 heavy (non-hydrogen) atoms. The summed E-state index contributed by atoms with van der Waals surface area (Å²) in [5.74, 6) is 1.78. The van der Waals surface area contributed by atoms with E-state index in [4.69, 9.17) is 4.98 Å². The Morgan fingerprint density at radius 1 is 1.03 bits per heavy atom. The fourth-order valence-corrected chi connectivity index (χ4v) is 3.42. The monoisotopic (exact) mass is 430 g/mol. The molecule has 8 nitrogen and oxygen atoms in total. The van der Waals surface area contributed by atoms with Gasteiger partial charge in [-0.15, -0.1) is 5.10 Å². The summed E-state index contributed by atoms with van der Waals surface area (Å²) in [5.41, 5.74) is 4.83. The molecule has 0 saturated carbocycles. The average molecular weight is 431 g/mol. The summed E-state index contributed by atoms with van der Waals surface area (Å²) in [5, 5.41) is 16.0. The molecular formula is C24H30N8.